The summed E-state index contributed by atoms with van der Waals surface area (Å²) >= 11 is 0. The molecule has 1 N–H and O–H groups in total. The van der Waals surface area contributed by atoms with Crippen LogP contribution in [0.2, 0.25) is 0 Å². The summed E-state index contributed by atoms with van der Waals surface area (Å²) in [6, 6.07) is 11.0. The molecule has 9 heteroatoms. The second-order valence-corrected chi connectivity index (χ2v) is 8.44. The quantitative estimate of drug-likeness (QED) is 0.740. The zero-order valence-corrected chi connectivity index (χ0v) is 17.9. The van der Waals surface area contributed by atoms with E-state index in [1.54, 1.807) is 38.4 Å². The number of benzene rings is 2. The van der Waals surface area contributed by atoms with Gasteiger partial charge in [-0.15, -0.1) is 0 Å². The first-order valence-electron chi connectivity index (χ1n) is 8.78. The van der Waals surface area contributed by atoms with Gasteiger partial charge in [-0.2, -0.15) is 0 Å². The summed E-state index contributed by atoms with van der Waals surface area (Å²) in [4.78, 5) is 27.0. The van der Waals surface area contributed by atoms with E-state index in [1.807, 2.05) is 6.92 Å². The summed E-state index contributed by atoms with van der Waals surface area (Å²) in [6.07, 6.45) is 0. The molecule has 0 unspecified atom stereocenters. The Morgan fingerprint density at radius 3 is 2.21 bits per heavy atom. The number of hydrogen-bond donors (Lipinski definition) is 1. The van der Waals surface area contributed by atoms with Gasteiger partial charge < -0.3 is 14.5 Å². The molecule has 0 atom stereocenters. The lowest BCUT2D eigenvalue weighted by Crippen LogP contribution is -2.37. The number of rotatable bonds is 7. The van der Waals surface area contributed by atoms with Crippen molar-refractivity contribution < 1.29 is 22.7 Å². The minimum atomic E-state index is -4.01. The van der Waals surface area contributed by atoms with Crippen LogP contribution in [0, 0.1) is 6.92 Å². The Morgan fingerprint density at radius 1 is 1.03 bits per heavy atom. The fourth-order valence-electron chi connectivity index (χ4n) is 2.49. The number of ether oxygens (including phenoxy) is 1. The number of aryl methyl sites for hydroxylation is 1. The molecule has 0 saturated carbocycles. The fraction of sp³-hybridized carbons (Fsp3) is 0.300. The lowest BCUT2D eigenvalue weighted by molar-refractivity contribution is -0.129. The van der Waals surface area contributed by atoms with Gasteiger partial charge in [0.15, 0.2) is 0 Å². The summed E-state index contributed by atoms with van der Waals surface area (Å²) < 4.78 is 33.5. The highest BCUT2D eigenvalue weighted by Gasteiger charge is 2.24. The number of carbonyl (C=O) groups excluding carboxylic acids is 2. The third kappa shape index (κ3) is 5.47. The average Bonchev–Trinajstić information content (AvgIpc) is 2.68. The van der Waals surface area contributed by atoms with Gasteiger partial charge in [-0.25, -0.2) is 8.42 Å². The first-order valence-corrected chi connectivity index (χ1v) is 10.3. The Kier molecular flexibility index (Phi) is 6.86. The van der Waals surface area contributed by atoms with Gasteiger partial charge in [0.05, 0.1) is 13.7 Å². The number of likely N-dealkylation sites (N-methyl/N-ethyl adjacent to an activating group) is 2. The van der Waals surface area contributed by atoms with Crippen LogP contribution < -0.4 is 9.46 Å². The van der Waals surface area contributed by atoms with Gasteiger partial charge in [-0.05, 0) is 37.3 Å². The number of methoxy groups -OCH3 is 1. The highest BCUT2D eigenvalue weighted by molar-refractivity contribution is 7.92. The van der Waals surface area contributed by atoms with E-state index >= 15 is 0 Å². The van der Waals surface area contributed by atoms with E-state index in [9.17, 15) is 18.0 Å². The standard InChI is InChI=1S/C20H25N3O5S/c1-14-6-9-16(10-7-14)21-29(26,27)18-12-15(8-11-17(18)28-5)20(25)23(4)13-19(24)22(2)3/h6-12,21H,13H2,1-5H3. The van der Waals surface area contributed by atoms with Gasteiger partial charge in [-0.1, -0.05) is 17.7 Å². The van der Waals surface area contributed by atoms with E-state index in [1.165, 1.54) is 42.2 Å². The minimum absolute atomic E-state index is 0.105. The predicted molar refractivity (Wildman–Crippen MR) is 111 cm³/mol. The molecule has 0 radical (unpaired) electrons. The highest BCUT2D eigenvalue weighted by atomic mass is 32.2. The van der Waals surface area contributed by atoms with Crippen LogP contribution in [0.3, 0.4) is 0 Å². The molecule has 0 heterocycles. The van der Waals surface area contributed by atoms with Gasteiger partial charge in [0.25, 0.3) is 15.9 Å². The summed E-state index contributed by atoms with van der Waals surface area (Å²) in [5.74, 6) is -0.619. The van der Waals surface area contributed by atoms with Crippen LogP contribution in [0.4, 0.5) is 5.69 Å². The molecule has 2 rings (SSSR count). The van der Waals surface area contributed by atoms with Crippen LogP contribution in [0.1, 0.15) is 15.9 Å². The van der Waals surface area contributed by atoms with E-state index < -0.39 is 15.9 Å². The third-order valence-corrected chi connectivity index (χ3v) is 5.62. The molecule has 8 nitrogen and oxygen atoms in total. The van der Waals surface area contributed by atoms with Crippen LogP contribution in [-0.2, 0) is 14.8 Å². The van der Waals surface area contributed by atoms with Crippen molar-refractivity contribution in [3.8, 4) is 5.75 Å². The van der Waals surface area contributed by atoms with E-state index in [0.717, 1.165) is 5.56 Å². The molecule has 2 aromatic carbocycles. The van der Waals surface area contributed by atoms with Gasteiger partial charge in [0.2, 0.25) is 5.91 Å². The van der Waals surface area contributed by atoms with Crippen LogP contribution in [0.15, 0.2) is 47.4 Å². The van der Waals surface area contributed by atoms with Crippen molar-refractivity contribution in [3.63, 3.8) is 0 Å². The van der Waals surface area contributed by atoms with Crippen molar-refractivity contribution in [2.75, 3.05) is 39.5 Å². The Morgan fingerprint density at radius 2 is 1.66 bits per heavy atom. The number of nitrogens with zero attached hydrogens (tertiary/aromatic N) is 2. The molecule has 0 aromatic heterocycles. The molecule has 0 aliphatic rings. The molecule has 0 saturated heterocycles. The fourth-order valence-corrected chi connectivity index (χ4v) is 3.74. The Labute approximate surface area is 171 Å². The van der Waals surface area contributed by atoms with Crippen molar-refractivity contribution in [2.24, 2.45) is 0 Å². The topological polar surface area (TPSA) is 96.0 Å². The number of amides is 2. The van der Waals surface area contributed by atoms with Gasteiger partial charge in [-0.3, -0.25) is 14.3 Å². The number of hydrogen-bond acceptors (Lipinski definition) is 5. The maximum absolute atomic E-state index is 12.9. The summed E-state index contributed by atoms with van der Waals surface area (Å²) in [6.45, 7) is 1.77. The number of sulfonamides is 1. The number of carbonyl (C=O) groups is 2. The predicted octanol–water partition coefficient (Wildman–Crippen LogP) is 1.96. The molecule has 156 valence electrons. The van der Waals surface area contributed by atoms with Gasteiger partial charge >= 0.3 is 0 Å². The molecule has 2 aromatic rings. The van der Waals surface area contributed by atoms with Gasteiger partial charge in [0.1, 0.15) is 10.6 Å². The lowest BCUT2D eigenvalue weighted by Gasteiger charge is -2.20. The maximum atomic E-state index is 12.9. The Hall–Kier alpha value is -3.07. The second-order valence-electron chi connectivity index (χ2n) is 6.79. The summed E-state index contributed by atoms with van der Waals surface area (Å²) in [7, 11) is 2.01. The average molecular weight is 420 g/mol. The molecule has 29 heavy (non-hydrogen) atoms. The van der Waals surface area contributed by atoms with Crippen LogP contribution >= 0.6 is 0 Å². The summed E-state index contributed by atoms with van der Waals surface area (Å²) in [5, 5.41) is 0. The van der Waals surface area contributed by atoms with Crippen LogP contribution in [-0.4, -0.2) is 64.8 Å². The van der Waals surface area contributed by atoms with E-state index in [2.05, 4.69) is 4.72 Å². The monoisotopic (exact) mass is 419 g/mol. The zero-order chi connectivity index (χ0) is 21.8. The Bertz CT molecular complexity index is 1000. The largest absolute Gasteiger partial charge is 0.495 e. The first-order chi connectivity index (χ1) is 13.5. The molecule has 2 amide bonds. The van der Waals surface area contributed by atoms with Crippen molar-refractivity contribution in [2.45, 2.75) is 11.8 Å². The lowest BCUT2D eigenvalue weighted by atomic mass is 10.2. The molecular weight excluding hydrogens is 394 g/mol. The minimum Gasteiger partial charge on any atom is -0.495 e. The summed E-state index contributed by atoms with van der Waals surface area (Å²) in [5.41, 5.74) is 1.51. The third-order valence-electron chi connectivity index (χ3n) is 4.22. The first kappa shape index (κ1) is 22.2. The normalized spacial score (nSPS) is 10.9. The van der Waals surface area contributed by atoms with E-state index in [4.69, 9.17) is 4.74 Å². The molecular formula is C20H25N3O5S. The number of anilines is 1. The van der Waals surface area contributed by atoms with E-state index in [-0.39, 0.29) is 28.7 Å². The zero-order valence-electron chi connectivity index (χ0n) is 17.1. The SMILES string of the molecule is COc1ccc(C(=O)N(C)CC(=O)N(C)C)cc1S(=O)(=O)Nc1ccc(C)cc1. The van der Waals surface area contributed by atoms with Crippen LogP contribution in [0.25, 0.3) is 0 Å². The van der Waals surface area contributed by atoms with Gasteiger partial charge in [0, 0.05) is 32.4 Å². The van der Waals surface area contributed by atoms with Crippen molar-refractivity contribution in [1.82, 2.24) is 9.80 Å². The molecule has 0 fully saturated rings. The van der Waals surface area contributed by atoms with Crippen molar-refractivity contribution >= 4 is 27.5 Å². The van der Waals surface area contributed by atoms with E-state index in [0.29, 0.717) is 5.69 Å². The number of nitrogens with one attached hydrogen (secondary N) is 1. The maximum Gasteiger partial charge on any atom is 0.265 e. The van der Waals surface area contributed by atoms with Crippen LogP contribution in [0.5, 0.6) is 5.75 Å². The Balaban J connectivity index is 2.35. The molecule has 0 aliphatic carbocycles. The second kappa shape index (κ2) is 8.95. The van der Waals surface area contributed by atoms with Crippen molar-refractivity contribution in [1.29, 1.82) is 0 Å². The van der Waals surface area contributed by atoms with Crippen molar-refractivity contribution in [3.05, 3.63) is 53.6 Å². The molecule has 0 bridgehead atoms. The highest BCUT2D eigenvalue weighted by Crippen LogP contribution is 2.27. The molecule has 0 aliphatic heterocycles. The molecule has 0 spiro atoms. The smallest absolute Gasteiger partial charge is 0.265 e.